The highest BCUT2D eigenvalue weighted by Crippen LogP contribution is 2.23. The summed E-state index contributed by atoms with van der Waals surface area (Å²) in [6.07, 6.45) is 0. The number of furan rings is 1. The third-order valence-electron chi connectivity index (χ3n) is 3.42. The molecule has 0 fully saturated rings. The third-order valence-corrected chi connectivity index (χ3v) is 3.42. The number of hydrogen-bond donors (Lipinski definition) is 1. The van der Waals surface area contributed by atoms with Gasteiger partial charge in [-0.25, -0.2) is 0 Å². The number of rotatable bonds is 6. The summed E-state index contributed by atoms with van der Waals surface area (Å²) in [5.74, 6) is 2.90. The van der Waals surface area contributed by atoms with Crippen LogP contribution in [0.1, 0.15) is 42.5 Å². The Hall–Kier alpha value is -1.74. The first-order chi connectivity index (χ1) is 9.61. The predicted molar refractivity (Wildman–Crippen MR) is 81.0 cm³/mol. The molecule has 0 saturated carbocycles. The van der Waals surface area contributed by atoms with Gasteiger partial charge in [0.2, 0.25) is 0 Å². The van der Waals surface area contributed by atoms with E-state index < -0.39 is 0 Å². The van der Waals surface area contributed by atoms with Crippen molar-refractivity contribution in [3.63, 3.8) is 0 Å². The molecule has 1 heterocycles. The summed E-state index contributed by atoms with van der Waals surface area (Å²) in [5.41, 5.74) is 2.40. The maximum atomic E-state index is 5.64. The van der Waals surface area contributed by atoms with Crippen LogP contribution in [0.3, 0.4) is 0 Å². The maximum Gasteiger partial charge on any atom is 0.123 e. The lowest BCUT2D eigenvalue weighted by Gasteiger charge is -2.15. The smallest absolute Gasteiger partial charge is 0.123 e. The van der Waals surface area contributed by atoms with Crippen molar-refractivity contribution in [2.24, 2.45) is 0 Å². The fourth-order valence-corrected chi connectivity index (χ4v) is 2.40. The highest BCUT2D eigenvalue weighted by molar-refractivity contribution is 5.33. The van der Waals surface area contributed by atoms with E-state index in [4.69, 9.17) is 9.15 Å². The van der Waals surface area contributed by atoms with Crippen LogP contribution in [0.25, 0.3) is 0 Å². The summed E-state index contributed by atoms with van der Waals surface area (Å²) in [4.78, 5) is 0. The Morgan fingerprint density at radius 1 is 1.25 bits per heavy atom. The monoisotopic (exact) mass is 273 g/mol. The lowest BCUT2D eigenvalue weighted by Crippen LogP contribution is -2.18. The summed E-state index contributed by atoms with van der Waals surface area (Å²) in [6.45, 7) is 9.61. The molecule has 0 aliphatic carbocycles. The molecule has 0 saturated heterocycles. The second kappa shape index (κ2) is 6.62. The first-order valence-corrected chi connectivity index (χ1v) is 7.12. The van der Waals surface area contributed by atoms with Gasteiger partial charge in [0.05, 0.1) is 6.61 Å². The zero-order chi connectivity index (χ0) is 14.5. The lowest BCUT2D eigenvalue weighted by molar-refractivity contribution is 0.335. The molecule has 3 heteroatoms. The molecule has 2 rings (SSSR count). The van der Waals surface area contributed by atoms with Crippen LogP contribution in [0.15, 0.2) is 34.7 Å². The van der Waals surface area contributed by atoms with Crippen molar-refractivity contribution in [1.82, 2.24) is 5.32 Å². The van der Waals surface area contributed by atoms with Crippen LogP contribution in [-0.4, -0.2) is 6.61 Å². The zero-order valence-electron chi connectivity index (χ0n) is 12.7. The fraction of sp³-hybridized carbons (Fsp3) is 0.412. The first kappa shape index (κ1) is 14.7. The number of para-hydroxylation sites is 1. The van der Waals surface area contributed by atoms with Gasteiger partial charge in [-0.05, 0) is 39.8 Å². The van der Waals surface area contributed by atoms with Crippen molar-refractivity contribution in [2.45, 2.75) is 40.3 Å². The molecule has 1 unspecified atom stereocenters. The average molecular weight is 273 g/mol. The van der Waals surface area contributed by atoms with Gasteiger partial charge in [0.15, 0.2) is 0 Å². The number of ether oxygens (including phenoxy) is 1. The van der Waals surface area contributed by atoms with E-state index in [2.05, 4.69) is 24.4 Å². The molecule has 2 aromatic rings. The average Bonchev–Trinajstić information content (AvgIpc) is 2.77. The molecule has 0 bridgehead atoms. The Morgan fingerprint density at radius 2 is 2.00 bits per heavy atom. The quantitative estimate of drug-likeness (QED) is 0.858. The largest absolute Gasteiger partial charge is 0.494 e. The summed E-state index contributed by atoms with van der Waals surface area (Å²) in [5, 5.41) is 3.53. The normalized spacial score (nSPS) is 12.4. The highest BCUT2D eigenvalue weighted by atomic mass is 16.5. The molecule has 1 aromatic carbocycles. The van der Waals surface area contributed by atoms with Gasteiger partial charge in [0.1, 0.15) is 17.3 Å². The van der Waals surface area contributed by atoms with Gasteiger partial charge in [-0.2, -0.15) is 0 Å². The van der Waals surface area contributed by atoms with E-state index in [0.29, 0.717) is 6.61 Å². The van der Waals surface area contributed by atoms with E-state index in [0.717, 1.165) is 23.8 Å². The van der Waals surface area contributed by atoms with Crippen molar-refractivity contribution in [2.75, 3.05) is 6.61 Å². The Bertz CT molecular complexity index is 560. The minimum atomic E-state index is 0.252. The van der Waals surface area contributed by atoms with Crippen molar-refractivity contribution >= 4 is 0 Å². The number of nitrogens with one attached hydrogen (secondary N) is 1. The molecule has 0 amide bonds. The third kappa shape index (κ3) is 3.42. The van der Waals surface area contributed by atoms with E-state index in [1.54, 1.807) is 0 Å². The molecule has 1 atom stereocenters. The van der Waals surface area contributed by atoms with Gasteiger partial charge in [0, 0.05) is 23.7 Å². The van der Waals surface area contributed by atoms with E-state index in [1.807, 2.05) is 39.0 Å². The van der Waals surface area contributed by atoms with Crippen LogP contribution in [0.4, 0.5) is 0 Å². The van der Waals surface area contributed by atoms with Crippen LogP contribution in [0, 0.1) is 13.8 Å². The molecule has 0 spiro atoms. The van der Waals surface area contributed by atoms with E-state index in [-0.39, 0.29) is 6.04 Å². The summed E-state index contributed by atoms with van der Waals surface area (Å²) in [7, 11) is 0. The van der Waals surface area contributed by atoms with Crippen LogP contribution in [-0.2, 0) is 6.54 Å². The zero-order valence-corrected chi connectivity index (χ0v) is 12.7. The van der Waals surface area contributed by atoms with Gasteiger partial charge in [-0.15, -0.1) is 0 Å². The standard InChI is InChI=1S/C17H23NO2/c1-5-19-17-9-7-6-8-15(17)11-18-13(3)16-10-12(2)20-14(16)4/h6-10,13,18H,5,11H2,1-4H3. The topological polar surface area (TPSA) is 34.4 Å². The molecule has 108 valence electrons. The molecule has 0 radical (unpaired) electrons. The maximum absolute atomic E-state index is 5.64. The summed E-state index contributed by atoms with van der Waals surface area (Å²) >= 11 is 0. The number of aryl methyl sites for hydroxylation is 2. The molecular formula is C17H23NO2. The van der Waals surface area contributed by atoms with Crippen molar-refractivity contribution in [1.29, 1.82) is 0 Å². The van der Waals surface area contributed by atoms with E-state index in [9.17, 15) is 0 Å². The van der Waals surface area contributed by atoms with Crippen molar-refractivity contribution in [3.8, 4) is 5.75 Å². The van der Waals surface area contributed by atoms with Gasteiger partial charge < -0.3 is 14.5 Å². The van der Waals surface area contributed by atoms with Gasteiger partial charge in [0.25, 0.3) is 0 Å². The number of benzene rings is 1. The number of hydrogen-bond acceptors (Lipinski definition) is 3. The van der Waals surface area contributed by atoms with Gasteiger partial charge in [-0.1, -0.05) is 18.2 Å². The Kier molecular flexibility index (Phi) is 4.85. The van der Waals surface area contributed by atoms with Crippen LogP contribution in [0.2, 0.25) is 0 Å². The minimum Gasteiger partial charge on any atom is -0.494 e. The second-order valence-corrected chi connectivity index (χ2v) is 5.01. The van der Waals surface area contributed by atoms with E-state index >= 15 is 0 Å². The van der Waals surface area contributed by atoms with Gasteiger partial charge in [-0.3, -0.25) is 0 Å². The molecule has 0 aliphatic heterocycles. The minimum absolute atomic E-state index is 0.252. The predicted octanol–water partition coefficient (Wildman–Crippen LogP) is 4.15. The Balaban J connectivity index is 2.03. The second-order valence-electron chi connectivity index (χ2n) is 5.01. The van der Waals surface area contributed by atoms with Crippen molar-refractivity contribution in [3.05, 3.63) is 53.0 Å². The fourth-order valence-electron chi connectivity index (χ4n) is 2.40. The molecule has 3 nitrogen and oxygen atoms in total. The molecule has 1 N–H and O–H groups in total. The van der Waals surface area contributed by atoms with Crippen LogP contribution >= 0.6 is 0 Å². The molecule has 0 aliphatic rings. The van der Waals surface area contributed by atoms with Crippen LogP contribution in [0.5, 0.6) is 5.75 Å². The van der Waals surface area contributed by atoms with Gasteiger partial charge >= 0.3 is 0 Å². The lowest BCUT2D eigenvalue weighted by atomic mass is 10.1. The Labute approximate surface area is 121 Å². The summed E-state index contributed by atoms with van der Waals surface area (Å²) in [6, 6.07) is 10.5. The Morgan fingerprint density at radius 3 is 2.65 bits per heavy atom. The van der Waals surface area contributed by atoms with Crippen LogP contribution < -0.4 is 10.1 Å². The highest BCUT2D eigenvalue weighted by Gasteiger charge is 2.13. The van der Waals surface area contributed by atoms with Crippen molar-refractivity contribution < 1.29 is 9.15 Å². The SMILES string of the molecule is CCOc1ccccc1CNC(C)c1cc(C)oc1C. The van der Waals surface area contributed by atoms with E-state index in [1.165, 1.54) is 11.1 Å². The first-order valence-electron chi connectivity index (χ1n) is 7.12. The summed E-state index contributed by atoms with van der Waals surface area (Å²) < 4.78 is 11.2. The molecule has 1 aromatic heterocycles. The molecule has 20 heavy (non-hydrogen) atoms. The molecular weight excluding hydrogens is 250 g/mol.